The first-order valence-corrected chi connectivity index (χ1v) is 7.41. The minimum atomic E-state index is 0.439. The minimum Gasteiger partial charge on any atom is -0.459 e. The first-order chi connectivity index (χ1) is 9.65. The van der Waals surface area contributed by atoms with Crippen molar-refractivity contribution in [3.8, 4) is 0 Å². The molecule has 0 amide bonds. The summed E-state index contributed by atoms with van der Waals surface area (Å²) in [5.74, 6) is 0.990. The molecule has 3 nitrogen and oxygen atoms in total. The molecule has 3 heteroatoms. The largest absolute Gasteiger partial charge is 0.459 e. The lowest BCUT2D eigenvalue weighted by molar-refractivity contribution is 0.183. The van der Waals surface area contributed by atoms with Gasteiger partial charge in [0, 0.05) is 24.1 Å². The number of fused-ring (bicyclic) bond motifs is 1. The highest BCUT2D eigenvalue weighted by Crippen LogP contribution is 2.28. The van der Waals surface area contributed by atoms with Crippen LogP contribution >= 0.6 is 0 Å². The molecule has 1 aromatic carbocycles. The second-order valence-corrected chi connectivity index (χ2v) is 5.55. The van der Waals surface area contributed by atoms with Crippen LogP contribution in [0.1, 0.15) is 44.1 Å². The van der Waals surface area contributed by atoms with Crippen molar-refractivity contribution in [1.82, 2.24) is 5.32 Å². The summed E-state index contributed by atoms with van der Waals surface area (Å²) in [6.07, 6.45) is 2.26. The fourth-order valence-electron chi connectivity index (χ4n) is 2.43. The maximum absolute atomic E-state index is 5.99. The van der Waals surface area contributed by atoms with Gasteiger partial charge in [-0.3, -0.25) is 0 Å². The Bertz CT molecular complexity index is 557. The highest BCUT2D eigenvalue weighted by Gasteiger charge is 2.14. The molecule has 0 saturated heterocycles. The van der Waals surface area contributed by atoms with Gasteiger partial charge in [-0.1, -0.05) is 33.3 Å². The smallest absolute Gasteiger partial charge is 0.134 e. The van der Waals surface area contributed by atoms with Crippen molar-refractivity contribution in [3.05, 3.63) is 35.1 Å². The third kappa shape index (κ3) is 3.41. The number of benzene rings is 1. The third-order valence-corrected chi connectivity index (χ3v) is 3.44. The Morgan fingerprint density at radius 1 is 1.30 bits per heavy atom. The van der Waals surface area contributed by atoms with Crippen molar-refractivity contribution in [2.75, 3.05) is 7.11 Å². The van der Waals surface area contributed by atoms with Crippen LogP contribution in [0.15, 0.2) is 22.6 Å². The van der Waals surface area contributed by atoms with Gasteiger partial charge in [-0.05, 0) is 24.1 Å². The van der Waals surface area contributed by atoms with Crippen molar-refractivity contribution in [3.63, 3.8) is 0 Å². The Morgan fingerprint density at radius 3 is 2.75 bits per heavy atom. The van der Waals surface area contributed by atoms with E-state index >= 15 is 0 Å². The van der Waals surface area contributed by atoms with Gasteiger partial charge in [0.05, 0.1) is 13.2 Å². The van der Waals surface area contributed by atoms with Crippen molar-refractivity contribution >= 4 is 11.0 Å². The van der Waals surface area contributed by atoms with Gasteiger partial charge < -0.3 is 14.5 Å². The highest BCUT2D eigenvalue weighted by molar-refractivity contribution is 5.83. The standard InChI is InChI=1S/C17H25NO2/c1-5-6-13-7-8-16-14(9-13)15(11-19-4)17(20-16)10-18-12(2)3/h7-9,12,18H,5-6,10-11H2,1-4H3. The Morgan fingerprint density at radius 2 is 2.10 bits per heavy atom. The Hall–Kier alpha value is -1.32. The number of aryl methyl sites for hydroxylation is 1. The number of ether oxygens (including phenoxy) is 1. The quantitative estimate of drug-likeness (QED) is 0.828. The van der Waals surface area contributed by atoms with Crippen LogP contribution in [0.2, 0.25) is 0 Å². The molecule has 0 radical (unpaired) electrons. The van der Waals surface area contributed by atoms with Crippen LogP contribution in [0.4, 0.5) is 0 Å². The fraction of sp³-hybridized carbons (Fsp3) is 0.529. The molecule has 0 atom stereocenters. The molecular formula is C17H25NO2. The van der Waals surface area contributed by atoms with E-state index in [9.17, 15) is 0 Å². The van der Waals surface area contributed by atoms with Crippen LogP contribution in [-0.2, 0) is 24.3 Å². The lowest BCUT2D eigenvalue weighted by Crippen LogP contribution is -2.22. The van der Waals surface area contributed by atoms with Crippen LogP contribution in [0, 0.1) is 0 Å². The van der Waals surface area contributed by atoms with Gasteiger partial charge >= 0.3 is 0 Å². The average Bonchev–Trinajstić information content (AvgIpc) is 2.75. The Kier molecular flexibility index (Phi) is 5.21. The first-order valence-electron chi connectivity index (χ1n) is 7.41. The van der Waals surface area contributed by atoms with Crippen molar-refractivity contribution in [1.29, 1.82) is 0 Å². The van der Waals surface area contributed by atoms with Gasteiger partial charge in [-0.25, -0.2) is 0 Å². The van der Waals surface area contributed by atoms with Gasteiger partial charge in [-0.2, -0.15) is 0 Å². The predicted octanol–water partition coefficient (Wildman–Crippen LogP) is 4.03. The SMILES string of the molecule is CCCc1ccc2oc(CNC(C)C)c(COC)c2c1. The molecule has 0 saturated carbocycles. The summed E-state index contributed by atoms with van der Waals surface area (Å²) in [6.45, 7) is 7.81. The molecule has 1 aromatic heterocycles. The molecule has 0 aliphatic rings. The molecule has 0 fully saturated rings. The number of nitrogens with one attached hydrogen (secondary N) is 1. The highest BCUT2D eigenvalue weighted by atomic mass is 16.5. The summed E-state index contributed by atoms with van der Waals surface area (Å²) >= 11 is 0. The van der Waals surface area contributed by atoms with E-state index in [1.54, 1.807) is 7.11 Å². The van der Waals surface area contributed by atoms with E-state index in [4.69, 9.17) is 9.15 Å². The Labute approximate surface area is 121 Å². The van der Waals surface area contributed by atoms with E-state index in [1.807, 2.05) is 0 Å². The molecule has 20 heavy (non-hydrogen) atoms. The fourth-order valence-corrected chi connectivity index (χ4v) is 2.43. The zero-order valence-corrected chi connectivity index (χ0v) is 13.0. The second kappa shape index (κ2) is 6.91. The molecule has 1 N–H and O–H groups in total. The molecule has 0 unspecified atom stereocenters. The zero-order valence-electron chi connectivity index (χ0n) is 13.0. The molecule has 0 aliphatic heterocycles. The monoisotopic (exact) mass is 275 g/mol. The molecule has 110 valence electrons. The molecule has 0 spiro atoms. The minimum absolute atomic E-state index is 0.439. The average molecular weight is 275 g/mol. The van der Waals surface area contributed by atoms with E-state index in [-0.39, 0.29) is 0 Å². The van der Waals surface area contributed by atoms with E-state index in [0.29, 0.717) is 12.6 Å². The van der Waals surface area contributed by atoms with Gasteiger partial charge in [0.15, 0.2) is 0 Å². The number of hydrogen-bond acceptors (Lipinski definition) is 3. The molecule has 0 bridgehead atoms. The Balaban J connectivity index is 2.38. The van der Waals surface area contributed by atoms with Crippen LogP contribution in [0.5, 0.6) is 0 Å². The summed E-state index contributed by atoms with van der Waals surface area (Å²) in [6, 6.07) is 6.92. The number of rotatable bonds is 7. The zero-order chi connectivity index (χ0) is 14.5. The van der Waals surface area contributed by atoms with Gasteiger partial charge in [0.2, 0.25) is 0 Å². The number of furan rings is 1. The first kappa shape index (κ1) is 15.1. The number of hydrogen-bond donors (Lipinski definition) is 1. The number of methoxy groups -OCH3 is 1. The van der Waals surface area contributed by atoms with Crippen LogP contribution in [0.25, 0.3) is 11.0 Å². The topological polar surface area (TPSA) is 34.4 Å². The predicted molar refractivity (Wildman–Crippen MR) is 82.9 cm³/mol. The molecular weight excluding hydrogens is 250 g/mol. The van der Waals surface area contributed by atoms with Crippen molar-refractivity contribution in [2.45, 2.75) is 52.8 Å². The van der Waals surface area contributed by atoms with Gasteiger partial charge in [0.1, 0.15) is 11.3 Å². The normalized spacial score (nSPS) is 11.7. The molecule has 2 rings (SSSR count). The van der Waals surface area contributed by atoms with Crippen molar-refractivity contribution in [2.24, 2.45) is 0 Å². The summed E-state index contributed by atoms with van der Waals surface area (Å²) in [4.78, 5) is 0. The van der Waals surface area contributed by atoms with E-state index in [1.165, 1.54) is 16.5 Å². The summed E-state index contributed by atoms with van der Waals surface area (Å²) in [5, 5.41) is 4.60. The molecule has 0 aliphatic carbocycles. The van der Waals surface area contributed by atoms with Crippen LogP contribution in [0.3, 0.4) is 0 Å². The second-order valence-electron chi connectivity index (χ2n) is 5.55. The lowest BCUT2D eigenvalue weighted by atomic mass is 10.1. The lowest BCUT2D eigenvalue weighted by Gasteiger charge is -2.07. The van der Waals surface area contributed by atoms with Crippen molar-refractivity contribution < 1.29 is 9.15 Å². The maximum Gasteiger partial charge on any atom is 0.134 e. The van der Waals surface area contributed by atoms with E-state index in [2.05, 4.69) is 44.3 Å². The third-order valence-electron chi connectivity index (χ3n) is 3.44. The van der Waals surface area contributed by atoms with Crippen LogP contribution < -0.4 is 5.32 Å². The van der Waals surface area contributed by atoms with Gasteiger partial charge in [0.25, 0.3) is 0 Å². The molecule has 1 heterocycles. The maximum atomic E-state index is 5.99. The molecule has 2 aromatic rings. The summed E-state index contributed by atoms with van der Waals surface area (Å²) in [7, 11) is 1.73. The summed E-state index contributed by atoms with van der Waals surface area (Å²) < 4.78 is 11.3. The van der Waals surface area contributed by atoms with E-state index < -0.39 is 0 Å². The summed E-state index contributed by atoms with van der Waals surface area (Å²) in [5.41, 5.74) is 3.49. The van der Waals surface area contributed by atoms with Gasteiger partial charge in [-0.15, -0.1) is 0 Å². The van der Waals surface area contributed by atoms with Crippen LogP contribution in [-0.4, -0.2) is 13.2 Å². The van der Waals surface area contributed by atoms with E-state index in [0.717, 1.165) is 30.7 Å².